The molecule has 0 bridgehead atoms. The van der Waals surface area contributed by atoms with Gasteiger partial charge < -0.3 is 21.1 Å². The van der Waals surface area contributed by atoms with Crippen LogP contribution in [0.1, 0.15) is 23.7 Å². The topological polar surface area (TPSA) is 106 Å². The number of rotatable bonds is 6. The first-order valence-corrected chi connectivity index (χ1v) is 8.41. The Hall–Kier alpha value is -2.90. The number of methoxy groups -OCH3 is 1. The van der Waals surface area contributed by atoms with Crippen LogP contribution in [0, 0.1) is 5.92 Å². The number of carbonyl (C=O) groups is 2. The van der Waals surface area contributed by atoms with Crippen LogP contribution in [-0.4, -0.2) is 42.7 Å². The highest BCUT2D eigenvalue weighted by Gasteiger charge is 2.41. The van der Waals surface area contributed by atoms with Crippen LogP contribution in [0.5, 0.6) is 5.75 Å². The van der Waals surface area contributed by atoms with Crippen LogP contribution < -0.4 is 21.1 Å². The van der Waals surface area contributed by atoms with E-state index >= 15 is 0 Å². The summed E-state index contributed by atoms with van der Waals surface area (Å²) in [5.41, 5.74) is 5.68. The van der Waals surface area contributed by atoms with Crippen molar-refractivity contribution in [2.24, 2.45) is 11.7 Å². The summed E-state index contributed by atoms with van der Waals surface area (Å²) in [4.78, 5) is 27.5. The van der Waals surface area contributed by atoms with Gasteiger partial charge in [0.15, 0.2) is 6.17 Å². The molecule has 0 saturated carbocycles. The van der Waals surface area contributed by atoms with Crippen LogP contribution in [0.4, 0.5) is 10.2 Å². The van der Waals surface area contributed by atoms with E-state index in [9.17, 15) is 14.0 Å². The molecular formula is C18H21FN4O3. The van der Waals surface area contributed by atoms with Crippen LogP contribution in [0.2, 0.25) is 0 Å². The lowest BCUT2D eigenvalue weighted by atomic mass is 9.96. The first-order valence-electron chi connectivity index (χ1n) is 8.41. The molecular weight excluding hydrogens is 339 g/mol. The minimum Gasteiger partial charge on any atom is -0.496 e. The van der Waals surface area contributed by atoms with Crippen LogP contribution in [-0.2, 0) is 4.79 Å². The Kier molecular flexibility index (Phi) is 4.92. The second-order valence-electron chi connectivity index (χ2n) is 6.27. The molecule has 2 heterocycles. The molecule has 7 nitrogen and oxygen atoms in total. The third-order valence-electron chi connectivity index (χ3n) is 4.78. The summed E-state index contributed by atoms with van der Waals surface area (Å²) in [7, 11) is 1.46. The normalized spacial score (nSPS) is 22.3. The number of hydrogen-bond acceptors (Lipinski definition) is 5. The van der Waals surface area contributed by atoms with Crippen LogP contribution in [0.15, 0.2) is 24.4 Å². The van der Waals surface area contributed by atoms with Crippen molar-refractivity contribution < 1.29 is 18.7 Å². The van der Waals surface area contributed by atoms with Gasteiger partial charge in [-0.15, -0.1) is 0 Å². The molecule has 0 spiro atoms. The van der Waals surface area contributed by atoms with Gasteiger partial charge in [-0.1, -0.05) is 6.92 Å². The number of hydrogen-bond donors (Lipinski definition) is 3. The third kappa shape index (κ3) is 3.14. The SMILES string of the molecule is CC[C@@H]1[C@H](F)C(=O)N[C@@H]1CNc1nccc2cc(C(N)=O)c(OC)cc12. The van der Waals surface area contributed by atoms with Gasteiger partial charge in [0.2, 0.25) is 0 Å². The molecule has 1 aliphatic heterocycles. The molecule has 1 aromatic heterocycles. The number of ether oxygens (including phenoxy) is 1. The van der Waals surface area contributed by atoms with Gasteiger partial charge in [-0.3, -0.25) is 9.59 Å². The second kappa shape index (κ2) is 7.15. The fourth-order valence-corrected chi connectivity index (χ4v) is 3.37. The molecule has 138 valence electrons. The molecule has 1 aromatic carbocycles. The number of benzene rings is 1. The van der Waals surface area contributed by atoms with E-state index in [1.165, 1.54) is 7.11 Å². The quantitative estimate of drug-likeness (QED) is 0.726. The highest BCUT2D eigenvalue weighted by Crippen LogP contribution is 2.30. The number of carbonyl (C=O) groups excluding carboxylic acids is 2. The summed E-state index contributed by atoms with van der Waals surface area (Å²) in [5, 5.41) is 7.36. The van der Waals surface area contributed by atoms with E-state index in [2.05, 4.69) is 15.6 Å². The van der Waals surface area contributed by atoms with Gasteiger partial charge in [0, 0.05) is 24.0 Å². The van der Waals surface area contributed by atoms with Crippen molar-refractivity contribution in [1.29, 1.82) is 0 Å². The molecule has 3 atom stereocenters. The van der Waals surface area contributed by atoms with Gasteiger partial charge in [0.1, 0.15) is 11.6 Å². The van der Waals surface area contributed by atoms with Crippen LogP contribution >= 0.6 is 0 Å². The number of nitrogens with zero attached hydrogens (tertiary/aromatic N) is 1. The largest absolute Gasteiger partial charge is 0.496 e. The molecule has 0 unspecified atom stereocenters. The number of fused-ring (bicyclic) bond motifs is 1. The zero-order valence-corrected chi connectivity index (χ0v) is 14.6. The number of pyridine rings is 1. The molecule has 4 N–H and O–H groups in total. The Bertz CT molecular complexity index is 858. The smallest absolute Gasteiger partial charge is 0.255 e. The molecule has 2 aromatic rings. The highest BCUT2D eigenvalue weighted by atomic mass is 19.1. The predicted molar refractivity (Wildman–Crippen MR) is 95.9 cm³/mol. The minimum absolute atomic E-state index is 0.284. The van der Waals surface area contributed by atoms with Crippen molar-refractivity contribution in [3.8, 4) is 5.75 Å². The fraction of sp³-hybridized carbons (Fsp3) is 0.389. The summed E-state index contributed by atoms with van der Waals surface area (Å²) in [5.74, 6) is -0.611. The van der Waals surface area contributed by atoms with E-state index in [0.717, 1.165) is 10.8 Å². The monoisotopic (exact) mass is 360 g/mol. The van der Waals surface area contributed by atoms with E-state index in [-0.39, 0.29) is 17.5 Å². The Balaban J connectivity index is 1.89. The first-order chi connectivity index (χ1) is 12.5. The van der Waals surface area contributed by atoms with Crippen molar-refractivity contribution in [1.82, 2.24) is 10.3 Å². The second-order valence-corrected chi connectivity index (χ2v) is 6.27. The summed E-state index contributed by atoms with van der Waals surface area (Å²) in [6.45, 7) is 2.20. The zero-order valence-electron chi connectivity index (χ0n) is 14.6. The van der Waals surface area contributed by atoms with Gasteiger partial charge in [0.25, 0.3) is 11.8 Å². The molecule has 3 rings (SSSR count). The third-order valence-corrected chi connectivity index (χ3v) is 4.78. The summed E-state index contributed by atoms with van der Waals surface area (Å²) >= 11 is 0. The fourth-order valence-electron chi connectivity index (χ4n) is 3.37. The average Bonchev–Trinajstić information content (AvgIpc) is 2.91. The predicted octanol–water partition coefficient (Wildman–Crippen LogP) is 1.62. The van der Waals surface area contributed by atoms with Gasteiger partial charge in [0.05, 0.1) is 18.7 Å². The van der Waals surface area contributed by atoms with E-state index < -0.39 is 18.0 Å². The maximum atomic E-state index is 13.9. The Labute approximate surface area is 150 Å². The van der Waals surface area contributed by atoms with Crippen molar-refractivity contribution in [3.05, 3.63) is 30.0 Å². The van der Waals surface area contributed by atoms with Gasteiger partial charge in [-0.2, -0.15) is 0 Å². The molecule has 26 heavy (non-hydrogen) atoms. The molecule has 0 aliphatic carbocycles. The minimum atomic E-state index is -1.48. The van der Waals surface area contributed by atoms with E-state index in [1.54, 1.807) is 24.4 Å². The number of halogens is 1. The molecule has 1 aliphatic rings. The Morgan fingerprint density at radius 3 is 2.88 bits per heavy atom. The van der Waals surface area contributed by atoms with Crippen molar-refractivity contribution in [2.45, 2.75) is 25.6 Å². The van der Waals surface area contributed by atoms with Gasteiger partial charge >= 0.3 is 0 Å². The van der Waals surface area contributed by atoms with Crippen molar-refractivity contribution in [2.75, 3.05) is 19.0 Å². The number of amides is 2. The van der Waals surface area contributed by atoms with Crippen LogP contribution in [0.25, 0.3) is 10.8 Å². The average molecular weight is 360 g/mol. The number of primary amides is 1. The van der Waals surface area contributed by atoms with E-state index in [0.29, 0.717) is 24.5 Å². The molecule has 2 amide bonds. The maximum absolute atomic E-state index is 13.9. The Morgan fingerprint density at radius 2 is 2.23 bits per heavy atom. The first kappa shape index (κ1) is 17.9. The lowest BCUT2D eigenvalue weighted by Gasteiger charge is -2.19. The molecule has 0 radical (unpaired) electrons. The van der Waals surface area contributed by atoms with Crippen molar-refractivity contribution in [3.63, 3.8) is 0 Å². The molecule has 8 heteroatoms. The molecule has 1 fully saturated rings. The standard InChI is InChI=1S/C18H21FN4O3/c1-3-10-13(23-18(25)15(10)19)8-22-17-11-7-14(26-2)12(16(20)24)6-9(11)4-5-21-17/h4-7,10,13,15H,3,8H2,1-2H3,(H2,20,24)(H,21,22)(H,23,25)/t10-,13+,15-/m0/s1. The van der Waals surface area contributed by atoms with E-state index in [1.807, 2.05) is 6.92 Å². The summed E-state index contributed by atoms with van der Waals surface area (Å²) in [6, 6.07) is 4.78. The Morgan fingerprint density at radius 1 is 1.46 bits per heavy atom. The van der Waals surface area contributed by atoms with Crippen molar-refractivity contribution >= 4 is 28.4 Å². The van der Waals surface area contributed by atoms with Gasteiger partial charge in [-0.25, -0.2) is 9.37 Å². The number of aromatic nitrogens is 1. The maximum Gasteiger partial charge on any atom is 0.255 e. The number of alkyl halides is 1. The highest BCUT2D eigenvalue weighted by molar-refractivity contribution is 6.03. The van der Waals surface area contributed by atoms with Gasteiger partial charge in [-0.05, 0) is 30.0 Å². The lowest BCUT2D eigenvalue weighted by molar-refractivity contribution is -0.123. The van der Waals surface area contributed by atoms with E-state index in [4.69, 9.17) is 10.5 Å². The number of nitrogens with one attached hydrogen (secondary N) is 2. The molecule has 1 saturated heterocycles. The number of anilines is 1. The zero-order chi connectivity index (χ0) is 18.8. The number of nitrogens with two attached hydrogens (primary N) is 1. The lowest BCUT2D eigenvalue weighted by Crippen LogP contribution is -2.35. The summed E-state index contributed by atoms with van der Waals surface area (Å²) < 4.78 is 19.2. The summed E-state index contributed by atoms with van der Waals surface area (Å²) in [6.07, 6.45) is 0.681. The van der Waals surface area contributed by atoms with Crippen LogP contribution in [0.3, 0.4) is 0 Å².